The molecule has 2 rings (SSSR count). The van der Waals surface area contributed by atoms with Crippen LogP contribution in [0, 0.1) is 18.3 Å². The molecule has 1 N–H and O–H groups in total. The minimum atomic E-state index is -1.22. The van der Waals surface area contributed by atoms with E-state index in [9.17, 15) is 5.11 Å². The van der Waals surface area contributed by atoms with E-state index in [1.807, 2.05) is 42.5 Å². The molecular formula is C25H40O4Si2. The molecule has 2 aromatic rings. The first-order valence-electron chi connectivity index (χ1n) is 11.4. The molecule has 0 fully saturated rings. The van der Waals surface area contributed by atoms with E-state index in [1.165, 1.54) is 11.1 Å². The highest BCUT2D eigenvalue weighted by Crippen LogP contribution is 2.37. The second kappa shape index (κ2) is 12.1. The van der Waals surface area contributed by atoms with E-state index in [4.69, 9.17) is 13.6 Å². The second-order valence-corrected chi connectivity index (χ2v) is 11.0. The van der Waals surface area contributed by atoms with Crippen LogP contribution in [0.1, 0.15) is 43.9 Å². The van der Waals surface area contributed by atoms with Gasteiger partial charge >= 0.3 is 0 Å². The molecule has 0 unspecified atom stereocenters. The highest BCUT2D eigenvalue weighted by atomic mass is 28.2. The fourth-order valence-electron chi connectivity index (χ4n) is 3.95. The first-order valence-corrected chi connectivity index (χ1v) is 15.4. The number of hydrogen-bond acceptors (Lipinski definition) is 4. The van der Waals surface area contributed by atoms with Crippen molar-refractivity contribution < 1.29 is 18.7 Å². The van der Waals surface area contributed by atoms with Crippen molar-refractivity contribution in [3.05, 3.63) is 71.3 Å². The zero-order valence-corrected chi connectivity index (χ0v) is 22.9. The molecule has 4 nitrogen and oxygen atoms in total. The van der Waals surface area contributed by atoms with E-state index < -0.39 is 31.6 Å². The monoisotopic (exact) mass is 460 g/mol. The van der Waals surface area contributed by atoms with Crippen molar-refractivity contribution in [2.24, 2.45) is 11.3 Å². The smallest absolute Gasteiger partial charge is 0.269 e. The van der Waals surface area contributed by atoms with Crippen LogP contribution < -0.4 is 0 Å². The van der Waals surface area contributed by atoms with Gasteiger partial charge in [-0.25, -0.2) is 0 Å². The van der Waals surface area contributed by atoms with E-state index in [-0.39, 0.29) is 11.3 Å². The Morgan fingerprint density at radius 1 is 0.903 bits per heavy atom. The maximum Gasteiger partial charge on any atom is 0.269 e. The minimum Gasteiger partial charge on any atom is -0.392 e. The van der Waals surface area contributed by atoms with Gasteiger partial charge in [-0.3, -0.25) is 0 Å². The Hall–Kier alpha value is -1.29. The fraction of sp³-hybridized carbons (Fsp3) is 0.520. The maximum atomic E-state index is 11.5. The Kier molecular flexibility index (Phi) is 10.1. The van der Waals surface area contributed by atoms with Crippen LogP contribution in [0.2, 0.25) is 13.1 Å². The number of aliphatic hydroxyl groups excluding tert-OH is 1. The molecule has 2 atom stereocenters. The molecule has 0 aliphatic carbocycles. The summed E-state index contributed by atoms with van der Waals surface area (Å²) in [5, 5.41) is 11.5. The Bertz CT molecular complexity index is 771. The van der Waals surface area contributed by atoms with Gasteiger partial charge in [-0.2, -0.15) is 0 Å². The molecule has 0 heterocycles. The van der Waals surface area contributed by atoms with Crippen molar-refractivity contribution in [1.29, 1.82) is 0 Å². The molecule has 0 spiro atoms. The molecule has 0 saturated heterocycles. The SMILES string of the molecule is C[SiH2]OC(OCc1ccccc1)(O[SiH2]C)[C@H](Cc1ccccc1C)[C@H](O)CC(C)(C)C. The Labute approximate surface area is 193 Å². The molecular weight excluding hydrogens is 420 g/mol. The fourth-order valence-corrected chi connectivity index (χ4v) is 5.68. The van der Waals surface area contributed by atoms with E-state index in [0.29, 0.717) is 19.4 Å². The van der Waals surface area contributed by atoms with Crippen molar-refractivity contribution in [2.45, 2.75) is 72.3 Å². The highest BCUT2D eigenvalue weighted by Gasteiger charge is 2.46. The summed E-state index contributed by atoms with van der Waals surface area (Å²) in [5.74, 6) is -1.54. The molecule has 0 saturated carbocycles. The molecule has 0 amide bonds. The van der Waals surface area contributed by atoms with Gasteiger partial charge in [-0.1, -0.05) is 88.5 Å². The number of aliphatic hydroxyl groups is 1. The zero-order valence-electron chi connectivity index (χ0n) is 20.1. The van der Waals surface area contributed by atoms with Crippen molar-refractivity contribution in [3.63, 3.8) is 0 Å². The predicted molar refractivity (Wildman–Crippen MR) is 133 cm³/mol. The van der Waals surface area contributed by atoms with Crippen LogP contribution in [-0.2, 0) is 26.6 Å². The standard InChI is InChI=1S/C25H40O4Si2/c1-19-12-10-11-15-21(19)16-22(23(26)17-24(2,3)4)25(28-30-5,29-31-6)27-18-20-13-8-7-9-14-20/h7-15,22-23,26H,16-18,30-31H2,1-6H3/t22-,23-/m1/s1. The van der Waals surface area contributed by atoms with Gasteiger partial charge in [0.05, 0.1) is 18.6 Å². The van der Waals surface area contributed by atoms with Crippen molar-refractivity contribution >= 4 is 19.5 Å². The van der Waals surface area contributed by atoms with Gasteiger partial charge in [0.1, 0.15) is 0 Å². The molecule has 0 aromatic heterocycles. The number of aryl methyl sites for hydroxylation is 1. The van der Waals surface area contributed by atoms with E-state index in [2.05, 4.69) is 52.9 Å². The summed E-state index contributed by atoms with van der Waals surface area (Å²) in [5.41, 5.74) is 3.43. The molecule has 172 valence electrons. The van der Waals surface area contributed by atoms with Crippen LogP contribution in [0.3, 0.4) is 0 Å². The Balaban J connectivity index is 2.44. The summed E-state index contributed by atoms with van der Waals surface area (Å²) in [7, 11) is -1.73. The average molecular weight is 461 g/mol. The summed E-state index contributed by atoms with van der Waals surface area (Å²) in [6.45, 7) is 13.1. The van der Waals surface area contributed by atoms with Gasteiger partial charge in [0.15, 0.2) is 19.5 Å². The van der Waals surface area contributed by atoms with E-state index >= 15 is 0 Å². The van der Waals surface area contributed by atoms with Gasteiger partial charge in [0.25, 0.3) is 5.97 Å². The third-order valence-corrected chi connectivity index (χ3v) is 6.80. The van der Waals surface area contributed by atoms with Gasteiger partial charge in [0.2, 0.25) is 0 Å². The summed E-state index contributed by atoms with van der Waals surface area (Å²) < 4.78 is 19.2. The van der Waals surface area contributed by atoms with Gasteiger partial charge in [0, 0.05) is 0 Å². The van der Waals surface area contributed by atoms with E-state index in [0.717, 1.165) is 5.56 Å². The first-order chi connectivity index (χ1) is 14.7. The number of rotatable bonds is 12. The number of benzene rings is 2. The summed E-state index contributed by atoms with van der Waals surface area (Å²) in [4.78, 5) is 0. The van der Waals surface area contributed by atoms with Crippen LogP contribution in [-0.4, -0.2) is 36.7 Å². The lowest BCUT2D eigenvalue weighted by atomic mass is 9.81. The largest absolute Gasteiger partial charge is 0.392 e. The molecule has 0 aliphatic rings. The zero-order chi connectivity index (χ0) is 22.9. The third kappa shape index (κ3) is 7.97. The Morgan fingerprint density at radius 3 is 2.03 bits per heavy atom. The highest BCUT2D eigenvalue weighted by molar-refractivity contribution is 6.26. The van der Waals surface area contributed by atoms with E-state index in [1.54, 1.807) is 0 Å². The first kappa shape index (κ1) is 26.0. The molecule has 2 aromatic carbocycles. The van der Waals surface area contributed by atoms with Gasteiger partial charge in [-0.05, 0) is 41.9 Å². The lowest BCUT2D eigenvalue weighted by molar-refractivity contribution is -0.351. The lowest BCUT2D eigenvalue weighted by Gasteiger charge is -2.43. The van der Waals surface area contributed by atoms with Gasteiger partial charge in [-0.15, -0.1) is 0 Å². The van der Waals surface area contributed by atoms with Crippen LogP contribution >= 0.6 is 0 Å². The van der Waals surface area contributed by atoms with Crippen molar-refractivity contribution in [2.75, 3.05) is 0 Å². The van der Waals surface area contributed by atoms with Crippen molar-refractivity contribution in [1.82, 2.24) is 0 Å². The predicted octanol–water partition coefficient (Wildman–Crippen LogP) is 4.12. The molecule has 31 heavy (non-hydrogen) atoms. The Morgan fingerprint density at radius 2 is 1.48 bits per heavy atom. The van der Waals surface area contributed by atoms with Gasteiger partial charge < -0.3 is 18.7 Å². The third-order valence-electron chi connectivity index (χ3n) is 5.42. The molecule has 0 bridgehead atoms. The topological polar surface area (TPSA) is 47.9 Å². The second-order valence-electron chi connectivity index (χ2n) is 9.31. The quantitative estimate of drug-likeness (QED) is 0.382. The molecule has 6 heteroatoms. The average Bonchev–Trinajstić information content (AvgIpc) is 2.71. The molecule has 0 aliphatic heterocycles. The van der Waals surface area contributed by atoms with Crippen LogP contribution in [0.25, 0.3) is 0 Å². The molecule has 0 radical (unpaired) electrons. The summed E-state index contributed by atoms with van der Waals surface area (Å²) in [6, 6.07) is 18.4. The number of ether oxygens (including phenoxy) is 1. The normalized spacial score (nSPS) is 16.7. The number of hydrogen-bond donors (Lipinski definition) is 1. The van der Waals surface area contributed by atoms with Crippen LogP contribution in [0.15, 0.2) is 54.6 Å². The lowest BCUT2D eigenvalue weighted by Crippen LogP contribution is -2.53. The minimum absolute atomic E-state index is 0.0259. The van der Waals surface area contributed by atoms with Crippen LogP contribution in [0.5, 0.6) is 0 Å². The summed E-state index contributed by atoms with van der Waals surface area (Å²) >= 11 is 0. The van der Waals surface area contributed by atoms with Crippen molar-refractivity contribution in [3.8, 4) is 0 Å². The summed E-state index contributed by atoms with van der Waals surface area (Å²) in [6.07, 6.45) is 0.668. The van der Waals surface area contributed by atoms with Crippen LogP contribution in [0.4, 0.5) is 0 Å². The maximum absolute atomic E-state index is 11.5.